The molecule has 0 spiro atoms. The fourth-order valence-corrected chi connectivity index (χ4v) is 6.21. The molecule has 0 amide bonds. The first-order chi connectivity index (χ1) is 19.1. The molecule has 0 fully saturated rings. The summed E-state index contributed by atoms with van der Waals surface area (Å²) in [5, 5.41) is -0.00492. The lowest BCUT2D eigenvalue weighted by Gasteiger charge is -2.47. The molecule has 0 aliphatic heterocycles. The van der Waals surface area contributed by atoms with Crippen molar-refractivity contribution in [1.29, 1.82) is 0 Å². The number of esters is 1. The van der Waals surface area contributed by atoms with Gasteiger partial charge in [-0.3, -0.25) is 9.69 Å². The molecule has 5 heteroatoms. The molecule has 41 heavy (non-hydrogen) atoms. The first-order valence-corrected chi connectivity index (χ1v) is 17.8. The van der Waals surface area contributed by atoms with Crippen LogP contribution in [0.5, 0.6) is 0 Å². The van der Waals surface area contributed by atoms with Gasteiger partial charge in [-0.1, -0.05) is 119 Å². The Kier molecular flexibility index (Phi) is 10.8. The standard InChI is InChI=1S/C36H51NO3Si/c1-27(34(38)39-35(3,4)5)32(33(31-24-18-13-19-25-31)40-41(9,10)36(6,7)8)37(26-29-20-14-11-15-21-29)28(2)30-22-16-12-17-23-30/h11-25,27-28,32-33H,26H2,1-10H3/t27-,28-,32+,33-/m0/s1. The highest BCUT2D eigenvalue weighted by molar-refractivity contribution is 6.74. The lowest BCUT2D eigenvalue weighted by molar-refractivity contribution is -0.164. The highest BCUT2D eigenvalue weighted by atomic mass is 28.4. The summed E-state index contributed by atoms with van der Waals surface area (Å²) in [6.45, 7) is 22.1. The van der Waals surface area contributed by atoms with Crippen LogP contribution in [0.15, 0.2) is 91.0 Å². The number of carbonyl (C=O) groups excluding carboxylic acids is 1. The minimum Gasteiger partial charge on any atom is -0.460 e. The second kappa shape index (κ2) is 13.5. The third kappa shape index (κ3) is 8.88. The Bertz CT molecular complexity index is 1220. The van der Waals surface area contributed by atoms with E-state index in [2.05, 4.69) is 118 Å². The van der Waals surface area contributed by atoms with Crippen molar-refractivity contribution < 1.29 is 14.0 Å². The third-order valence-electron chi connectivity index (χ3n) is 8.33. The molecule has 0 saturated carbocycles. The van der Waals surface area contributed by atoms with E-state index in [1.54, 1.807) is 0 Å². The molecule has 0 saturated heterocycles. The Labute approximate surface area is 250 Å². The Morgan fingerprint density at radius 1 is 0.756 bits per heavy atom. The van der Waals surface area contributed by atoms with Gasteiger partial charge in [0.1, 0.15) is 5.60 Å². The van der Waals surface area contributed by atoms with Crippen molar-refractivity contribution >= 4 is 14.3 Å². The van der Waals surface area contributed by atoms with Gasteiger partial charge in [0.25, 0.3) is 0 Å². The first kappa shape index (κ1) is 32.8. The van der Waals surface area contributed by atoms with Crippen LogP contribution in [0.4, 0.5) is 0 Å². The molecule has 0 bridgehead atoms. The molecule has 0 heterocycles. The molecule has 0 aliphatic carbocycles. The maximum Gasteiger partial charge on any atom is 0.310 e. The van der Waals surface area contributed by atoms with Crippen LogP contribution in [0, 0.1) is 5.92 Å². The Morgan fingerprint density at radius 2 is 1.22 bits per heavy atom. The quantitative estimate of drug-likeness (QED) is 0.169. The second-order valence-corrected chi connectivity index (χ2v) is 18.5. The summed E-state index contributed by atoms with van der Waals surface area (Å²) in [5.41, 5.74) is 2.88. The van der Waals surface area contributed by atoms with Crippen LogP contribution in [0.2, 0.25) is 18.1 Å². The molecular weight excluding hydrogens is 522 g/mol. The van der Waals surface area contributed by atoms with Gasteiger partial charge < -0.3 is 9.16 Å². The van der Waals surface area contributed by atoms with Crippen LogP contribution in [-0.4, -0.2) is 30.8 Å². The minimum atomic E-state index is -2.27. The molecular formula is C36H51NO3Si. The summed E-state index contributed by atoms with van der Waals surface area (Å²) >= 11 is 0. The van der Waals surface area contributed by atoms with E-state index in [0.717, 1.165) is 5.56 Å². The van der Waals surface area contributed by atoms with E-state index in [9.17, 15) is 4.79 Å². The van der Waals surface area contributed by atoms with E-state index in [1.807, 2.05) is 45.9 Å². The normalized spacial score (nSPS) is 15.7. The zero-order valence-corrected chi connectivity index (χ0v) is 27.8. The molecule has 3 rings (SSSR count). The monoisotopic (exact) mass is 573 g/mol. The summed E-state index contributed by atoms with van der Waals surface area (Å²) < 4.78 is 13.4. The third-order valence-corrected chi connectivity index (χ3v) is 12.8. The SMILES string of the molecule is C[C@H](C(=O)OC(C)(C)C)[C@H]([C@@H](O[Si](C)(C)C(C)(C)C)c1ccccc1)N(Cc1ccccc1)[C@@H](C)c1ccccc1. The minimum absolute atomic E-state index is 0.00492. The number of rotatable bonds is 11. The molecule has 0 aliphatic rings. The summed E-state index contributed by atoms with van der Waals surface area (Å²) in [5.74, 6) is -0.667. The van der Waals surface area contributed by atoms with Gasteiger partial charge in [0.2, 0.25) is 0 Å². The van der Waals surface area contributed by atoms with Crippen LogP contribution >= 0.6 is 0 Å². The number of hydrogen-bond donors (Lipinski definition) is 0. The van der Waals surface area contributed by atoms with Crippen LogP contribution in [0.3, 0.4) is 0 Å². The Hall–Kier alpha value is -2.73. The van der Waals surface area contributed by atoms with Crippen molar-refractivity contribution in [2.45, 2.75) is 104 Å². The number of carbonyl (C=O) groups is 1. The lowest BCUT2D eigenvalue weighted by atomic mass is 9.88. The smallest absolute Gasteiger partial charge is 0.310 e. The summed E-state index contributed by atoms with van der Waals surface area (Å²) in [7, 11) is -2.27. The van der Waals surface area contributed by atoms with E-state index in [1.165, 1.54) is 11.1 Å². The highest BCUT2D eigenvalue weighted by Gasteiger charge is 2.46. The van der Waals surface area contributed by atoms with E-state index in [4.69, 9.17) is 9.16 Å². The van der Waals surface area contributed by atoms with Gasteiger partial charge in [0.15, 0.2) is 8.32 Å². The van der Waals surface area contributed by atoms with E-state index in [0.29, 0.717) is 6.54 Å². The molecule has 4 nitrogen and oxygen atoms in total. The topological polar surface area (TPSA) is 38.8 Å². The van der Waals surface area contributed by atoms with Crippen molar-refractivity contribution in [2.24, 2.45) is 5.92 Å². The Balaban J connectivity index is 2.26. The number of benzene rings is 3. The van der Waals surface area contributed by atoms with Gasteiger partial charge in [-0.05, 0) is 62.5 Å². The van der Waals surface area contributed by atoms with Crippen molar-refractivity contribution in [3.05, 3.63) is 108 Å². The molecule has 0 unspecified atom stereocenters. The van der Waals surface area contributed by atoms with Crippen molar-refractivity contribution in [1.82, 2.24) is 4.90 Å². The number of nitrogens with zero attached hydrogens (tertiary/aromatic N) is 1. The van der Waals surface area contributed by atoms with Crippen LogP contribution in [0.1, 0.15) is 84.2 Å². The van der Waals surface area contributed by atoms with E-state index < -0.39 is 19.8 Å². The first-order valence-electron chi connectivity index (χ1n) is 14.9. The lowest BCUT2D eigenvalue weighted by Crippen LogP contribution is -2.52. The Morgan fingerprint density at radius 3 is 1.68 bits per heavy atom. The zero-order valence-electron chi connectivity index (χ0n) is 26.8. The van der Waals surface area contributed by atoms with Crippen LogP contribution < -0.4 is 0 Å². The van der Waals surface area contributed by atoms with Gasteiger partial charge >= 0.3 is 5.97 Å². The maximum atomic E-state index is 13.9. The van der Waals surface area contributed by atoms with Gasteiger partial charge in [-0.2, -0.15) is 0 Å². The average Bonchev–Trinajstić information content (AvgIpc) is 2.91. The largest absolute Gasteiger partial charge is 0.460 e. The van der Waals surface area contributed by atoms with Gasteiger partial charge in [-0.25, -0.2) is 0 Å². The fraction of sp³-hybridized carbons (Fsp3) is 0.472. The predicted molar refractivity (Wildman–Crippen MR) is 173 cm³/mol. The molecule has 0 aromatic heterocycles. The average molecular weight is 574 g/mol. The highest BCUT2D eigenvalue weighted by Crippen LogP contribution is 2.44. The van der Waals surface area contributed by atoms with Crippen molar-refractivity contribution in [2.75, 3.05) is 0 Å². The molecule has 0 N–H and O–H groups in total. The van der Waals surface area contributed by atoms with Crippen LogP contribution in [0.25, 0.3) is 0 Å². The number of hydrogen-bond acceptors (Lipinski definition) is 4. The molecule has 3 aromatic rings. The second-order valence-electron chi connectivity index (χ2n) is 13.8. The zero-order chi connectivity index (χ0) is 30.4. The molecule has 4 atom stereocenters. The van der Waals surface area contributed by atoms with Gasteiger partial charge in [-0.15, -0.1) is 0 Å². The molecule has 222 valence electrons. The predicted octanol–water partition coefficient (Wildman–Crippen LogP) is 9.36. The van der Waals surface area contributed by atoms with E-state index in [-0.39, 0.29) is 29.2 Å². The van der Waals surface area contributed by atoms with Crippen molar-refractivity contribution in [3.63, 3.8) is 0 Å². The maximum absolute atomic E-state index is 13.9. The molecule has 0 radical (unpaired) electrons. The van der Waals surface area contributed by atoms with Gasteiger partial charge in [0.05, 0.1) is 18.1 Å². The number of ether oxygens (including phenoxy) is 1. The molecule has 3 aromatic carbocycles. The summed E-state index contributed by atoms with van der Waals surface area (Å²) in [6, 6.07) is 31.2. The summed E-state index contributed by atoms with van der Waals surface area (Å²) in [4.78, 5) is 16.4. The summed E-state index contributed by atoms with van der Waals surface area (Å²) in [6.07, 6.45) is -0.338. The fourth-order valence-electron chi connectivity index (χ4n) is 4.95. The van der Waals surface area contributed by atoms with E-state index >= 15 is 0 Å². The van der Waals surface area contributed by atoms with Crippen molar-refractivity contribution in [3.8, 4) is 0 Å². The van der Waals surface area contributed by atoms with Crippen LogP contribution in [-0.2, 0) is 20.5 Å². The van der Waals surface area contributed by atoms with Gasteiger partial charge in [0, 0.05) is 12.6 Å².